The molecule has 0 aliphatic heterocycles. The molecule has 1 rings (SSSR count). The van der Waals surface area contributed by atoms with Crippen molar-refractivity contribution in [2.24, 2.45) is 5.92 Å². The summed E-state index contributed by atoms with van der Waals surface area (Å²) in [5, 5.41) is 11.8. The third-order valence-corrected chi connectivity index (χ3v) is 3.96. The molecule has 0 saturated heterocycles. The summed E-state index contributed by atoms with van der Waals surface area (Å²) < 4.78 is 0. The van der Waals surface area contributed by atoms with Crippen LogP contribution in [0.1, 0.15) is 22.8 Å². The topological polar surface area (TPSA) is 66.4 Å². The van der Waals surface area contributed by atoms with Crippen LogP contribution in [0.4, 0.5) is 0 Å². The van der Waals surface area contributed by atoms with Gasteiger partial charge in [0.25, 0.3) is 5.91 Å². The first kappa shape index (κ1) is 17.6. The second-order valence-electron chi connectivity index (χ2n) is 4.68. The lowest BCUT2D eigenvalue weighted by Gasteiger charge is -2.11. The molecule has 1 aromatic rings. The van der Waals surface area contributed by atoms with Crippen molar-refractivity contribution < 1.29 is 14.7 Å². The average Bonchev–Trinajstić information content (AvgIpc) is 2.43. The molecule has 21 heavy (non-hydrogen) atoms. The molecular weight excluding hydrogens is 310 g/mol. The molecule has 4 nitrogen and oxygen atoms in total. The van der Waals surface area contributed by atoms with Crippen LogP contribution in [0.3, 0.4) is 0 Å². The van der Waals surface area contributed by atoms with E-state index in [9.17, 15) is 9.59 Å². The third kappa shape index (κ3) is 6.23. The first-order valence-electron chi connectivity index (χ1n) is 6.41. The van der Waals surface area contributed by atoms with Crippen LogP contribution in [-0.2, 0) is 4.79 Å². The Hall–Kier alpha value is -1.46. The maximum absolute atomic E-state index is 12.0. The quantitative estimate of drug-likeness (QED) is 0.755. The average molecular weight is 328 g/mol. The lowest BCUT2D eigenvalue weighted by Crippen LogP contribution is -2.29. The van der Waals surface area contributed by atoms with Crippen LogP contribution >= 0.6 is 23.4 Å². The van der Waals surface area contributed by atoms with Crippen molar-refractivity contribution in [3.63, 3.8) is 0 Å². The number of hydrogen-bond donors (Lipinski definition) is 2. The van der Waals surface area contributed by atoms with E-state index in [1.165, 1.54) is 12.1 Å². The molecule has 1 aromatic carbocycles. The predicted molar refractivity (Wildman–Crippen MR) is 88.0 cm³/mol. The van der Waals surface area contributed by atoms with Crippen LogP contribution < -0.4 is 5.32 Å². The summed E-state index contributed by atoms with van der Waals surface area (Å²) in [6.07, 6.45) is 4.43. The Bertz CT molecular complexity index is 546. The Labute approximate surface area is 133 Å². The van der Waals surface area contributed by atoms with Crippen LogP contribution in [0.25, 0.3) is 6.08 Å². The van der Waals surface area contributed by atoms with E-state index in [1.54, 1.807) is 23.9 Å². The van der Waals surface area contributed by atoms with E-state index < -0.39 is 5.97 Å². The predicted octanol–water partition coefficient (Wildman–Crippen LogP) is 3.17. The normalized spacial score (nSPS) is 12.3. The van der Waals surface area contributed by atoms with Gasteiger partial charge in [0.2, 0.25) is 0 Å². The minimum absolute atomic E-state index is 0.182. The van der Waals surface area contributed by atoms with Gasteiger partial charge in [-0.2, -0.15) is 11.8 Å². The SMILES string of the molecule is CSCC(C)CNC(=O)c1ccc(/C=C/C(=O)O)c(Cl)c1. The van der Waals surface area contributed by atoms with Crippen molar-refractivity contribution in [3.05, 3.63) is 40.4 Å². The van der Waals surface area contributed by atoms with Gasteiger partial charge in [-0.3, -0.25) is 4.79 Å². The first-order valence-corrected chi connectivity index (χ1v) is 8.19. The number of amides is 1. The second kappa shape index (κ2) is 8.74. The van der Waals surface area contributed by atoms with E-state index in [2.05, 4.69) is 12.2 Å². The van der Waals surface area contributed by atoms with Crippen molar-refractivity contribution in [3.8, 4) is 0 Å². The number of nitrogens with one attached hydrogen (secondary N) is 1. The maximum Gasteiger partial charge on any atom is 0.328 e. The molecule has 0 heterocycles. The van der Waals surface area contributed by atoms with Gasteiger partial charge < -0.3 is 10.4 Å². The highest BCUT2D eigenvalue weighted by molar-refractivity contribution is 7.98. The Morgan fingerprint density at radius 3 is 2.76 bits per heavy atom. The summed E-state index contributed by atoms with van der Waals surface area (Å²) in [4.78, 5) is 22.5. The van der Waals surface area contributed by atoms with E-state index in [4.69, 9.17) is 16.7 Å². The van der Waals surface area contributed by atoms with E-state index in [0.717, 1.165) is 11.8 Å². The van der Waals surface area contributed by atoms with Gasteiger partial charge in [0.15, 0.2) is 0 Å². The number of carbonyl (C=O) groups excluding carboxylic acids is 1. The van der Waals surface area contributed by atoms with Crippen LogP contribution in [0.15, 0.2) is 24.3 Å². The lowest BCUT2D eigenvalue weighted by molar-refractivity contribution is -0.131. The van der Waals surface area contributed by atoms with Crippen molar-refractivity contribution >= 4 is 41.3 Å². The number of benzene rings is 1. The van der Waals surface area contributed by atoms with Gasteiger partial charge in [-0.15, -0.1) is 0 Å². The van der Waals surface area contributed by atoms with E-state index >= 15 is 0 Å². The Balaban J connectivity index is 2.70. The molecule has 6 heteroatoms. The van der Waals surface area contributed by atoms with Crippen molar-refractivity contribution in [2.75, 3.05) is 18.6 Å². The van der Waals surface area contributed by atoms with Gasteiger partial charge in [0.1, 0.15) is 0 Å². The number of thioether (sulfide) groups is 1. The molecule has 1 amide bonds. The first-order chi connectivity index (χ1) is 9.93. The van der Waals surface area contributed by atoms with Crippen molar-refractivity contribution in [2.45, 2.75) is 6.92 Å². The smallest absolute Gasteiger partial charge is 0.328 e. The Morgan fingerprint density at radius 2 is 2.19 bits per heavy atom. The molecule has 0 bridgehead atoms. The molecule has 0 radical (unpaired) electrons. The second-order valence-corrected chi connectivity index (χ2v) is 6.00. The molecule has 0 aromatic heterocycles. The fourth-order valence-corrected chi connectivity index (χ4v) is 2.61. The number of aliphatic carboxylic acids is 1. The zero-order chi connectivity index (χ0) is 15.8. The molecule has 0 saturated carbocycles. The molecule has 1 unspecified atom stereocenters. The largest absolute Gasteiger partial charge is 0.478 e. The summed E-state index contributed by atoms with van der Waals surface area (Å²) >= 11 is 7.78. The summed E-state index contributed by atoms with van der Waals surface area (Å²) in [6.45, 7) is 2.68. The fourth-order valence-electron chi connectivity index (χ4n) is 1.68. The molecule has 1 atom stereocenters. The highest BCUT2D eigenvalue weighted by atomic mass is 35.5. The van der Waals surface area contributed by atoms with Gasteiger partial charge in [0, 0.05) is 23.2 Å². The number of carboxylic acids is 1. The van der Waals surface area contributed by atoms with Crippen LogP contribution in [0.5, 0.6) is 0 Å². The molecule has 2 N–H and O–H groups in total. The zero-order valence-electron chi connectivity index (χ0n) is 11.9. The number of halogens is 1. The highest BCUT2D eigenvalue weighted by Gasteiger charge is 2.09. The minimum Gasteiger partial charge on any atom is -0.478 e. The third-order valence-electron chi connectivity index (χ3n) is 2.73. The summed E-state index contributed by atoms with van der Waals surface area (Å²) in [6, 6.07) is 4.79. The van der Waals surface area contributed by atoms with Gasteiger partial charge in [0.05, 0.1) is 0 Å². The maximum atomic E-state index is 12.0. The van der Waals surface area contributed by atoms with Gasteiger partial charge in [-0.25, -0.2) is 4.79 Å². The molecule has 0 fully saturated rings. The monoisotopic (exact) mass is 327 g/mol. The molecule has 0 spiro atoms. The standard InChI is InChI=1S/C15H18ClNO3S/c1-10(9-21-2)8-17-15(20)12-4-3-11(13(16)7-12)5-6-14(18)19/h3-7,10H,8-9H2,1-2H3,(H,17,20)(H,18,19)/b6-5+. The Morgan fingerprint density at radius 1 is 1.48 bits per heavy atom. The van der Waals surface area contributed by atoms with E-state index in [0.29, 0.717) is 28.6 Å². The number of carbonyl (C=O) groups is 2. The summed E-state index contributed by atoms with van der Waals surface area (Å²) in [5.74, 6) is 0.159. The van der Waals surface area contributed by atoms with Gasteiger partial charge in [-0.05, 0) is 41.7 Å². The van der Waals surface area contributed by atoms with Crippen molar-refractivity contribution in [1.82, 2.24) is 5.32 Å². The summed E-state index contributed by atoms with van der Waals surface area (Å²) in [5.41, 5.74) is 1.02. The number of hydrogen-bond acceptors (Lipinski definition) is 3. The van der Waals surface area contributed by atoms with Gasteiger partial charge >= 0.3 is 5.97 Å². The Kier molecular flexibility index (Phi) is 7.32. The zero-order valence-corrected chi connectivity index (χ0v) is 13.5. The van der Waals surface area contributed by atoms with Crippen LogP contribution in [0.2, 0.25) is 5.02 Å². The summed E-state index contributed by atoms with van der Waals surface area (Å²) in [7, 11) is 0. The van der Waals surface area contributed by atoms with Crippen LogP contribution in [-0.4, -0.2) is 35.5 Å². The minimum atomic E-state index is -1.05. The number of carboxylic acid groups (broad SMARTS) is 1. The molecule has 0 aliphatic rings. The van der Waals surface area contributed by atoms with Crippen LogP contribution in [0, 0.1) is 5.92 Å². The van der Waals surface area contributed by atoms with Gasteiger partial charge in [-0.1, -0.05) is 24.6 Å². The van der Waals surface area contributed by atoms with Crippen molar-refractivity contribution in [1.29, 1.82) is 0 Å². The number of rotatable bonds is 7. The molecule has 114 valence electrons. The lowest BCUT2D eigenvalue weighted by atomic mass is 10.1. The molecule has 0 aliphatic carbocycles. The van der Waals surface area contributed by atoms with E-state index in [1.807, 2.05) is 6.26 Å². The molecular formula is C15H18ClNO3S. The van der Waals surface area contributed by atoms with E-state index in [-0.39, 0.29) is 5.91 Å². The fraction of sp³-hybridized carbons (Fsp3) is 0.333. The highest BCUT2D eigenvalue weighted by Crippen LogP contribution is 2.19.